The van der Waals surface area contributed by atoms with Gasteiger partial charge in [-0.25, -0.2) is 9.97 Å². The van der Waals surface area contributed by atoms with Gasteiger partial charge in [0.05, 0.1) is 17.9 Å². The van der Waals surface area contributed by atoms with Crippen LogP contribution in [0.15, 0.2) is 102 Å². The van der Waals surface area contributed by atoms with E-state index in [0.717, 1.165) is 77.9 Å². The lowest BCUT2D eigenvalue weighted by Gasteiger charge is -2.36. The Balaban J connectivity index is 0.762. The van der Waals surface area contributed by atoms with Crippen LogP contribution in [0.5, 0.6) is 0 Å². The number of nitrogens with one attached hydrogen (secondary N) is 6. The molecule has 8 rings (SSSR count). The van der Waals surface area contributed by atoms with Crippen LogP contribution in [-0.2, 0) is 20.0 Å². The summed E-state index contributed by atoms with van der Waals surface area (Å²) < 4.78 is 5.80. The second-order valence-corrected chi connectivity index (χ2v) is 17.0. The summed E-state index contributed by atoms with van der Waals surface area (Å²) in [5, 5.41) is 31.3. The van der Waals surface area contributed by atoms with Crippen LogP contribution in [0.3, 0.4) is 0 Å². The number of aromatic nitrogens is 3. The van der Waals surface area contributed by atoms with Gasteiger partial charge < -0.3 is 41.0 Å². The van der Waals surface area contributed by atoms with Gasteiger partial charge in [0.15, 0.2) is 0 Å². The highest BCUT2D eigenvalue weighted by atomic mass is 16.3. The first-order valence-corrected chi connectivity index (χ1v) is 22.3. The molecule has 5 heterocycles. The zero-order valence-corrected chi connectivity index (χ0v) is 37.2. The number of hydrogen-bond donors (Lipinski definition) is 7. The van der Waals surface area contributed by atoms with Crippen LogP contribution in [-0.4, -0.2) is 101 Å². The Hall–Kier alpha value is -7.37. The summed E-state index contributed by atoms with van der Waals surface area (Å²) in [4.78, 5) is 68.3. The normalized spacial score (nSPS) is 15.6. The molecule has 0 bridgehead atoms. The molecule has 7 N–H and O–H groups in total. The molecule has 342 valence electrons. The highest BCUT2D eigenvalue weighted by Crippen LogP contribution is 2.37. The Morgan fingerprint density at radius 1 is 0.955 bits per heavy atom. The number of rotatable bonds is 18. The maximum Gasteiger partial charge on any atom is 0.256 e. The second kappa shape index (κ2) is 20.2. The van der Waals surface area contributed by atoms with Crippen LogP contribution < -0.4 is 36.8 Å². The molecule has 2 aliphatic rings. The van der Waals surface area contributed by atoms with Gasteiger partial charge in [0.2, 0.25) is 23.7 Å². The summed E-state index contributed by atoms with van der Waals surface area (Å²) in [6, 6.07) is 23.2. The van der Waals surface area contributed by atoms with Gasteiger partial charge in [-0.2, -0.15) is 4.98 Å². The maximum absolute atomic E-state index is 13.0. The first-order chi connectivity index (χ1) is 31.9. The molecule has 0 radical (unpaired) electrons. The van der Waals surface area contributed by atoms with E-state index in [0.29, 0.717) is 49.4 Å². The number of fused-ring (bicyclic) bond motifs is 3. The fourth-order valence-electron chi connectivity index (χ4n) is 8.23. The second-order valence-electron chi connectivity index (χ2n) is 17.0. The van der Waals surface area contributed by atoms with E-state index in [9.17, 15) is 24.3 Å². The molecule has 1 atom stereocenters. The Morgan fingerprint density at radius 2 is 1.76 bits per heavy atom. The third-order valence-corrected chi connectivity index (χ3v) is 11.8. The number of furan rings is 1. The number of piperazine rings is 1. The van der Waals surface area contributed by atoms with Gasteiger partial charge in [0.25, 0.3) is 5.91 Å². The van der Waals surface area contributed by atoms with E-state index in [2.05, 4.69) is 75.4 Å². The number of imide groups is 1. The molecule has 66 heavy (non-hydrogen) atoms. The smallest absolute Gasteiger partial charge is 0.256 e. The van der Waals surface area contributed by atoms with E-state index in [4.69, 9.17) is 4.42 Å². The third kappa shape index (κ3) is 10.9. The molecule has 2 aliphatic heterocycles. The van der Waals surface area contributed by atoms with Gasteiger partial charge in [-0.3, -0.25) is 29.4 Å². The monoisotopic (exact) mass is 893 g/mol. The highest BCUT2D eigenvalue weighted by Gasteiger charge is 2.31. The molecular formula is C49H55N11O6. The van der Waals surface area contributed by atoms with Crippen molar-refractivity contribution in [3.8, 4) is 0 Å². The lowest BCUT2D eigenvalue weighted by atomic mass is 9.89. The minimum atomic E-state index is -1.15. The van der Waals surface area contributed by atoms with Crippen molar-refractivity contribution in [3.05, 3.63) is 115 Å². The molecule has 2 saturated heterocycles. The number of aliphatic hydroxyl groups is 1. The van der Waals surface area contributed by atoms with E-state index in [-0.39, 0.29) is 47.5 Å². The minimum Gasteiger partial charge on any atom is -0.464 e. The van der Waals surface area contributed by atoms with E-state index >= 15 is 0 Å². The molecule has 0 aliphatic carbocycles. The molecule has 1 unspecified atom stereocenters. The van der Waals surface area contributed by atoms with Crippen molar-refractivity contribution >= 4 is 80.0 Å². The Kier molecular flexibility index (Phi) is 13.8. The maximum atomic E-state index is 13.0. The molecule has 0 spiro atoms. The van der Waals surface area contributed by atoms with Gasteiger partial charge in [-0.05, 0) is 98.6 Å². The van der Waals surface area contributed by atoms with Crippen LogP contribution >= 0.6 is 0 Å². The molecule has 3 aromatic heterocycles. The van der Waals surface area contributed by atoms with Crippen LogP contribution in [0.1, 0.15) is 67.1 Å². The quantitative estimate of drug-likeness (QED) is 0.0297. The molecule has 3 aromatic carbocycles. The summed E-state index contributed by atoms with van der Waals surface area (Å²) in [6.07, 6.45) is 6.62. The number of benzene rings is 3. The third-order valence-electron chi connectivity index (χ3n) is 11.8. The largest absolute Gasteiger partial charge is 0.464 e. The number of piperidine rings is 1. The zero-order chi connectivity index (χ0) is 46.2. The standard InChI is InChI=1S/C49H55N11O6/c1-4-20-52-46(63)37-29-53-48(58-45(37)56-41-8-5-7-40(55-41)49(2,3)65)54-32-10-13-34(14-11-32)60-26-24-59(25-27-60)23-6-21-51-42(61)19-22-50-33-12-15-35-31(28-33)9-17-39-44(35)38(30-66-39)36-16-18-43(62)57-47(36)64/h4-5,7-15,17,28-30,36,50,65H,1,6,16,18-27H2,2-3H3,(H,51,61)(H,52,63)(H,57,62,64)(H2,53,54,55,56,58). The van der Waals surface area contributed by atoms with Gasteiger partial charge >= 0.3 is 0 Å². The van der Waals surface area contributed by atoms with Crippen LogP contribution in [0, 0.1) is 0 Å². The van der Waals surface area contributed by atoms with Crippen LogP contribution in [0.25, 0.3) is 21.7 Å². The Morgan fingerprint density at radius 3 is 2.53 bits per heavy atom. The van der Waals surface area contributed by atoms with E-state index < -0.39 is 11.5 Å². The van der Waals surface area contributed by atoms with Crippen molar-refractivity contribution in [2.75, 3.05) is 73.2 Å². The Bertz CT molecular complexity index is 2740. The zero-order valence-electron chi connectivity index (χ0n) is 37.2. The molecule has 6 aromatic rings. The summed E-state index contributed by atoms with van der Waals surface area (Å²) in [5.74, 6) is -0.401. The van der Waals surface area contributed by atoms with E-state index in [1.807, 2.05) is 42.5 Å². The number of amides is 4. The summed E-state index contributed by atoms with van der Waals surface area (Å²) in [7, 11) is 0. The fourth-order valence-corrected chi connectivity index (χ4v) is 8.23. The molecule has 17 heteroatoms. The summed E-state index contributed by atoms with van der Waals surface area (Å²) in [6.45, 7) is 12.8. The summed E-state index contributed by atoms with van der Waals surface area (Å²) in [5.41, 5.74) is 3.80. The van der Waals surface area contributed by atoms with Gasteiger partial charge in [-0.1, -0.05) is 24.3 Å². The number of anilines is 6. The molecule has 0 saturated carbocycles. The van der Waals surface area contributed by atoms with Crippen molar-refractivity contribution in [1.82, 2.24) is 35.8 Å². The first kappa shape index (κ1) is 45.2. The lowest BCUT2D eigenvalue weighted by Crippen LogP contribution is -2.47. The first-order valence-electron chi connectivity index (χ1n) is 22.3. The van der Waals surface area contributed by atoms with E-state index in [1.165, 1.54) is 6.20 Å². The average molecular weight is 894 g/mol. The highest BCUT2D eigenvalue weighted by molar-refractivity contribution is 6.11. The van der Waals surface area contributed by atoms with Crippen molar-refractivity contribution in [2.45, 2.75) is 51.0 Å². The Labute approximate surface area is 382 Å². The lowest BCUT2D eigenvalue weighted by molar-refractivity contribution is -0.134. The minimum absolute atomic E-state index is 0.00149. The van der Waals surface area contributed by atoms with Gasteiger partial charge in [0, 0.05) is 92.9 Å². The molecule has 17 nitrogen and oxygen atoms in total. The summed E-state index contributed by atoms with van der Waals surface area (Å²) >= 11 is 0. The van der Waals surface area contributed by atoms with Crippen LogP contribution in [0.2, 0.25) is 0 Å². The molecular weight excluding hydrogens is 839 g/mol. The molecule has 4 amide bonds. The number of nitrogens with zero attached hydrogens (tertiary/aromatic N) is 5. The topological polar surface area (TPSA) is 219 Å². The van der Waals surface area contributed by atoms with Gasteiger partial charge in [-0.15, -0.1) is 6.58 Å². The number of pyridine rings is 1. The number of hydrogen-bond acceptors (Lipinski definition) is 14. The average Bonchev–Trinajstić information content (AvgIpc) is 3.74. The van der Waals surface area contributed by atoms with Crippen molar-refractivity contribution < 1.29 is 28.7 Å². The number of carbonyl (C=O) groups excluding carboxylic acids is 4. The fraction of sp³-hybridized carbons (Fsp3) is 0.327. The van der Waals surface area contributed by atoms with Crippen molar-refractivity contribution in [1.29, 1.82) is 0 Å². The predicted octanol–water partition coefficient (Wildman–Crippen LogP) is 6.05. The van der Waals surface area contributed by atoms with Crippen LogP contribution in [0.4, 0.5) is 34.6 Å². The van der Waals surface area contributed by atoms with Gasteiger partial charge in [0.1, 0.15) is 28.4 Å². The van der Waals surface area contributed by atoms with Crippen molar-refractivity contribution in [3.63, 3.8) is 0 Å². The number of carbonyl (C=O) groups is 4. The van der Waals surface area contributed by atoms with Crippen molar-refractivity contribution in [2.24, 2.45) is 0 Å². The molecule has 2 fully saturated rings. The predicted molar refractivity (Wildman–Crippen MR) is 255 cm³/mol. The SMILES string of the molecule is C=CCNC(=O)c1cnc(Nc2ccc(N3CCN(CCCNC(=O)CCNc4ccc5c(ccc6occ(C7CCC(=O)NC7=O)c65)c4)CC3)cc2)nc1Nc1cccc(C(C)(C)O)n1. The van der Waals surface area contributed by atoms with E-state index in [1.54, 1.807) is 44.4 Å².